The summed E-state index contributed by atoms with van der Waals surface area (Å²) in [7, 11) is -3.71. The number of sulfonamides is 1. The van der Waals surface area contributed by atoms with Crippen LogP contribution in [0.3, 0.4) is 0 Å². The Hall–Kier alpha value is -3.35. The highest BCUT2D eigenvalue weighted by Gasteiger charge is 2.36. The number of fused-ring (bicyclic) bond motifs is 2. The van der Waals surface area contributed by atoms with Crippen LogP contribution in [0, 0.1) is 6.92 Å². The van der Waals surface area contributed by atoms with Crippen LogP contribution in [0.2, 0.25) is 0 Å². The molecule has 0 N–H and O–H groups in total. The maximum absolute atomic E-state index is 13.6. The van der Waals surface area contributed by atoms with E-state index in [1.165, 1.54) is 0 Å². The van der Waals surface area contributed by atoms with Crippen molar-refractivity contribution in [2.45, 2.75) is 30.8 Å². The molecule has 1 aliphatic rings. The monoisotopic (exact) mass is 441 g/mol. The molecule has 0 amide bonds. The van der Waals surface area contributed by atoms with Gasteiger partial charge in [0.05, 0.1) is 33.9 Å². The van der Waals surface area contributed by atoms with Gasteiger partial charge in [-0.1, -0.05) is 72.3 Å². The first-order valence-corrected chi connectivity index (χ1v) is 12.0. The summed E-state index contributed by atoms with van der Waals surface area (Å²) in [4.78, 5) is 9.84. The molecular weight excluding hydrogens is 418 g/mol. The van der Waals surface area contributed by atoms with E-state index in [0.29, 0.717) is 17.0 Å². The van der Waals surface area contributed by atoms with Crippen molar-refractivity contribution in [3.63, 3.8) is 0 Å². The van der Waals surface area contributed by atoms with Gasteiger partial charge < -0.3 is 0 Å². The molecule has 0 saturated carbocycles. The van der Waals surface area contributed by atoms with Gasteiger partial charge in [0.15, 0.2) is 0 Å². The highest BCUT2D eigenvalue weighted by atomic mass is 32.2. The van der Waals surface area contributed by atoms with Gasteiger partial charge in [-0.15, -0.1) is 0 Å². The summed E-state index contributed by atoms with van der Waals surface area (Å²) in [6, 6.07) is 24.2. The fourth-order valence-corrected chi connectivity index (χ4v) is 5.53. The first-order chi connectivity index (χ1) is 15.5. The third-order valence-electron chi connectivity index (χ3n) is 5.74. The van der Waals surface area contributed by atoms with E-state index in [0.717, 1.165) is 27.9 Å². The number of hydrogen-bond donors (Lipinski definition) is 0. The molecule has 1 aromatic heterocycles. The van der Waals surface area contributed by atoms with Crippen LogP contribution in [-0.4, -0.2) is 28.7 Å². The first-order valence-electron chi connectivity index (χ1n) is 10.6. The zero-order chi connectivity index (χ0) is 22.1. The number of benzene rings is 3. The second-order valence-corrected chi connectivity index (χ2v) is 9.90. The summed E-state index contributed by atoms with van der Waals surface area (Å²) < 4.78 is 28.8. The molecular formula is C26H23N3O2S. The van der Waals surface area contributed by atoms with Crippen molar-refractivity contribution < 1.29 is 8.42 Å². The van der Waals surface area contributed by atoms with Crippen molar-refractivity contribution >= 4 is 27.1 Å². The molecule has 0 radical (unpaired) electrons. The molecule has 1 aliphatic heterocycles. The zero-order valence-corrected chi connectivity index (χ0v) is 18.5. The molecule has 0 fully saturated rings. The van der Waals surface area contributed by atoms with Gasteiger partial charge in [-0.2, -0.15) is 4.31 Å². The van der Waals surface area contributed by atoms with Crippen LogP contribution >= 0.6 is 0 Å². The average Bonchev–Trinajstić information content (AvgIpc) is 2.81. The second-order valence-electron chi connectivity index (χ2n) is 8.01. The largest absolute Gasteiger partial charge is 0.249 e. The fraction of sp³-hybridized carbons (Fsp3) is 0.154. The van der Waals surface area contributed by atoms with Crippen LogP contribution in [0.15, 0.2) is 89.8 Å². The third-order valence-corrected chi connectivity index (χ3v) is 7.63. The van der Waals surface area contributed by atoms with Gasteiger partial charge in [0.25, 0.3) is 0 Å². The van der Waals surface area contributed by atoms with Crippen LogP contribution in [0.25, 0.3) is 17.1 Å². The quantitative estimate of drug-likeness (QED) is 0.458. The Bertz CT molecular complexity index is 1400. The molecule has 1 unspecified atom stereocenters. The van der Waals surface area contributed by atoms with Crippen molar-refractivity contribution in [2.75, 3.05) is 0 Å². The summed E-state index contributed by atoms with van der Waals surface area (Å²) in [5.74, 6) is 0. The predicted octanol–water partition coefficient (Wildman–Crippen LogP) is 4.77. The van der Waals surface area contributed by atoms with Crippen molar-refractivity contribution in [2.24, 2.45) is 0 Å². The number of hydrogen-bond acceptors (Lipinski definition) is 4. The zero-order valence-electron chi connectivity index (χ0n) is 17.7. The molecule has 0 spiro atoms. The first kappa shape index (κ1) is 20.5. The Balaban J connectivity index is 1.59. The molecule has 5 nitrogen and oxygen atoms in total. The molecule has 160 valence electrons. The van der Waals surface area contributed by atoms with Crippen LogP contribution in [-0.2, 0) is 23.0 Å². The van der Waals surface area contributed by atoms with E-state index >= 15 is 0 Å². The highest BCUT2D eigenvalue weighted by molar-refractivity contribution is 7.89. The van der Waals surface area contributed by atoms with E-state index in [1.54, 1.807) is 16.4 Å². The molecule has 2 heterocycles. The summed E-state index contributed by atoms with van der Waals surface area (Å²) in [5, 5.41) is 0. The minimum atomic E-state index is -3.71. The molecule has 3 aromatic carbocycles. The summed E-state index contributed by atoms with van der Waals surface area (Å²) in [5.41, 5.74) is 5.20. The Labute approximate surface area is 188 Å². The Kier molecular flexibility index (Phi) is 5.33. The Morgan fingerprint density at radius 2 is 1.47 bits per heavy atom. The van der Waals surface area contributed by atoms with E-state index in [9.17, 15) is 8.42 Å². The SMILES string of the molecule is Cc1ccc(S(=O)(=O)N2Cc3nc4ccccc4nc3CC2/C=C/c2ccccc2)cc1. The lowest BCUT2D eigenvalue weighted by atomic mass is 10.0. The van der Waals surface area contributed by atoms with Crippen LogP contribution in [0.5, 0.6) is 0 Å². The lowest BCUT2D eigenvalue weighted by molar-refractivity contribution is 0.327. The molecule has 0 saturated heterocycles. The summed E-state index contributed by atoms with van der Waals surface area (Å²) >= 11 is 0. The normalized spacial score (nSPS) is 17.0. The van der Waals surface area contributed by atoms with Gasteiger partial charge in [0.1, 0.15) is 0 Å². The average molecular weight is 442 g/mol. The molecule has 1 atom stereocenters. The van der Waals surface area contributed by atoms with Crippen molar-refractivity contribution in [1.82, 2.24) is 14.3 Å². The van der Waals surface area contributed by atoms with Crippen LogP contribution in [0.4, 0.5) is 0 Å². The van der Waals surface area contributed by atoms with Crippen molar-refractivity contribution in [1.29, 1.82) is 0 Å². The topological polar surface area (TPSA) is 63.2 Å². The lowest BCUT2D eigenvalue weighted by Crippen LogP contribution is -2.43. The number of nitrogens with zero attached hydrogens (tertiary/aromatic N) is 3. The van der Waals surface area contributed by atoms with E-state index in [-0.39, 0.29) is 12.6 Å². The van der Waals surface area contributed by atoms with E-state index in [1.807, 2.05) is 85.8 Å². The van der Waals surface area contributed by atoms with Gasteiger partial charge in [-0.3, -0.25) is 0 Å². The number of rotatable bonds is 4. The molecule has 32 heavy (non-hydrogen) atoms. The highest BCUT2D eigenvalue weighted by Crippen LogP contribution is 2.30. The minimum absolute atomic E-state index is 0.188. The van der Waals surface area contributed by atoms with Gasteiger partial charge in [-0.05, 0) is 36.8 Å². The van der Waals surface area contributed by atoms with Crippen LogP contribution < -0.4 is 0 Å². The number of aryl methyl sites for hydroxylation is 1. The molecule has 0 aliphatic carbocycles. The van der Waals surface area contributed by atoms with Gasteiger partial charge in [0, 0.05) is 12.5 Å². The van der Waals surface area contributed by atoms with E-state index < -0.39 is 10.0 Å². The minimum Gasteiger partial charge on any atom is -0.249 e. The van der Waals surface area contributed by atoms with Gasteiger partial charge in [0.2, 0.25) is 10.0 Å². The summed E-state index contributed by atoms with van der Waals surface area (Å²) in [6.45, 7) is 2.13. The van der Waals surface area contributed by atoms with Gasteiger partial charge in [-0.25, -0.2) is 18.4 Å². The van der Waals surface area contributed by atoms with Gasteiger partial charge >= 0.3 is 0 Å². The molecule has 0 bridgehead atoms. The fourth-order valence-electron chi connectivity index (χ4n) is 3.99. The predicted molar refractivity (Wildman–Crippen MR) is 126 cm³/mol. The van der Waals surface area contributed by atoms with Crippen LogP contribution in [0.1, 0.15) is 22.5 Å². The standard InChI is InChI=1S/C26H23N3O2S/c1-19-11-15-22(16-12-19)32(30,31)29-18-26-25(27-23-9-5-6-10-24(23)28-26)17-21(29)14-13-20-7-3-2-4-8-20/h2-16,21H,17-18H2,1H3/b14-13+. The summed E-state index contributed by atoms with van der Waals surface area (Å²) in [6.07, 6.45) is 4.41. The Morgan fingerprint density at radius 3 is 2.16 bits per heavy atom. The van der Waals surface area contributed by atoms with Crippen molar-refractivity contribution in [3.8, 4) is 0 Å². The van der Waals surface area contributed by atoms with E-state index in [4.69, 9.17) is 9.97 Å². The Morgan fingerprint density at radius 1 is 0.844 bits per heavy atom. The smallest absolute Gasteiger partial charge is 0.243 e. The molecule has 5 rings (SSSR count). The molecule has 6 heteroatoms. The maximum atomic E-state index is 13.6. The number of para-hydroxylation sites is 2. The van der Waals surface area contributed by atoms with E-state index in [2.05, 4.69) is 0 Å². The third kappa shape index (κ3) is 3.95. The molecule has 4 aromatic rings. The number of aromatic nitrogens is 2. The second kappa shape index (κ2) is 8.30. The maximum Gasteiger partial charge on any atom is 0.243 e. The lowest BCUT2D eigenvalue weighted by Gasteiger charge is -2.33. The van der Waals surface area contributed by atoms with Crippen molar-refractivity contribution in [3.05, 3.63) is 107 Å².